The third-order valence-corrected chi connectivity index (χ3v) is 3.66. The number of nitriles is 1. The van der Waals surface area contributed by atoms with Crippen molar-refractivity contribution in [3.63, 3.8) is 0 Å². The van der Waals surface area contributed by atoms with Gasteiger partial charge < -0.3 is 5.32 Å². The molecule has 3 heteroatoms. The molecule has 1 unspecified atom stereocenters. The van der Waals surface area contributed by atoms with E-state index in [-0.39, 0.29) is 11.9 Å². The summed E-state index contributed by atoms with van der Waals surface area (Å²) in [6.07, 6.45) is 0. The van der Waals surface area contributed by atoms with Crippen LogP contribution in [-0.4, -0.2) is 5.91 Å². The monoisotopic (exact) mass is 278 g/mol. The third kappa shape index (κ3) is 3.49. The minimum Gasteiger partial charge on any atom is -0.346 e. The molecular weight excluding hydrogens is 260 g/mol. The lowest BCUT2D eigenvalue weighted by molar-refractivity contribution is 0.0940. The minimum atomic E-state index is -0.105. The Morgan fingerprint density at radius 2 is 1.76 bits per heavy atom. The number of carbonyl (C=O) groups is 1. The van der Waals surface area contributed by atoms with Crippen LogP contribution in [0.2, 0.25) is 0 Å². The maximum Gasteiger partial charge on any atom is 0.251 e. The zero-order chi connectivity index (χ0) is 15.4. The number of rotatable bonds is 3. The summed E-state index contributed by atoms with van der Waals surface area (Å²) in [5, 5.41) is 11.8. The van der Waals surface area contributed by atoms with E-state index in [2.05, 4.69) is 11.4 Å². The summed E-state index contributed by atoms with van der Waals surface area (Å²) in [6.45, 7) is 5.95. The number of hydrogen-bond acceptors (Lipinski definition) is 2. The first-order valence-corrected chi connectivity index (χ1v) is 6.89. The minimum absolute atomic E-state index is 0.0880. The van der Waals surface area contributed by atoms with Crippen LogP contribution >= 0.6 is 0 Å². The van der Waals surface area contributed by atoms with Gasteiger partial charge in [-0.05, 0) is 61.7 Å². The Balaban J connectivity index is 2.10. The summed E-state index contributed by atoms with van der Waals surface area (Å²) in [7, 11) is 0. The Labute approximate surface area is 125 Å². The molecular formula is C18H18N2O. The number of carbonyl (C=O) groups excluding carboxylic acids is 1. The molecule has 2 aromatic carbocycles. The van der Waals surface area contributed by atoms with Gasteiger partial charge in [0.2, 0.25) is 0 Å². The highest BCUT2D eigenvalue weighted by molar-refractivity contribution is 5.94. The van der Waals surface area contributed by atoms with Gasteiger partial charge in [-0.1, -0.05) is 18.2 Å². The van der Waals surface area contributed by atoms with Gasteiger partial charge in [-0.3, -0.25) is 4.79 Å². The second kappa shape index (κ2) is 6.23. The Morgan fingerprint density at radius 1 is 1.10 bits per heavy atom. The molecule has 21 heavy (non-hydrogen) atoms. The van der Waals surface area contributed by atoms with Crippen molar-refractivity contribution in [1.29, 1.82) is 5.26 Å². The van der Waals surface area contributed by atoms with E-state index in [4.69, 9.17) is 5.26 Å². The molecule has 1 amide bonds. The molecule has 2 aromatic rings. The van der Waals surface area contributed by atoms with Gasteiger partial charge in [0.15, 0.2) is 0 Å². The number of hydrogen-bond donors (Lipinski definition) is 1. The highest BCUT2D eigenvalue weighted by Gasteiger charge is 2.12. The molecule has 0 radical (unpaired) electrons. The zero-order valence-corrected chi connectivity index (χ0v) is 12.5. The van der Waals surface area contributed by atoms with Crippen LogP contribution in [0.15, 0.2) is 42.5 Å². The summed E-state index contributed by atoms with van der Waals surface area (Å²) in [5.74, 6) is -0.0880. The molecule has 0 fully saturated rings. The van der Waals surface area contributed by atoms with Crippen LogP contribution in [-0.2, 0) is 0 Å². The van der Waals surface area contributed by atoms with Gasteiger partial charge in [-0.15, -0.1) is 0 Å². The second-order valence-electron chi connectivity index (χ2n) is 5.23. The van der Waals surface area contributed by atoms with Crippen LogP contribution in [0.5, 0.6) is 0 Å². The van der Waals surface area contributed by atoms with Crippen LogP contribution in [0.3, 0.4) is 0 Å². The standard InChI is InChI=1S/C18H18N2O/c1-12-4-7-17(10-13(12)2)18(21)20-14(3)16-8-5-15(11-19)6-9-16/h4-10,14H,1-3H3,(H,20,21). The van der Waals surface area contributed by atoms with E-state index >= 15 is 0 Å². The Kier molecular flexibility index (Phi) is 4.39. The lowest BCUT2D eigenvalue weighted by Crippen LogP contribution is -2.26. The number of aryl methyl sites for hydroxylation is 2. The van der Waals surface area contributed by atoms with Gasteiger partial charge in [0.05, 0.1) is 17.7 Å². The smallest absolute Gasteiger partial charge is 0.251 e. The van der Waals surface area contributed by atoms with Crippen LogP contribution < -0.4 is 5.32 Å². The Bertz CT molecular complexity index is 696. The van der Waals surface area contributed by atoms with E-state index in [0.29, 0.717) is 11.1 Å². The molecule has 0 heterocycles. The van der Waals surface area contributed by atoms with E-state index in [1.54, 1.807) is 12.1 Å². The Morgan fingerprint density at radius 3 is 2.33 bits per heavy atom. The van der Waals surface area contributed by atoms with E-state index in [1.165, 1.54) is 5.56 Å². The average molecular weight is 278 g/mol. The van der Waals surface area contributed by atoms with Crippen molar-refractivity contribution < 1.29 is 4.79 Å². The maximum absolute atomic E-state index is 12.3. The molecule has 0 aliphatic rings. The van der Waals surface area contributed by atoms with Crippen molar-refractivity contribution in [2.75, 3.05) is 0 Å². The lowest BCUT2D eigenvalue weighted by Gasteiger charge is -2.15. The topological polar surface area (TPSA) is 52.9 Å². The lowest BCUT2D eigenvalue weighted by atomic mass is 10.0. The van der Waals surface area contributed by atoms with Crippen LogP contribution in [0.4, 0.5) is 0 Å². The average Bonchev–Trinajstić information content (AvgIpc) is 2.50. The van der Waals surface area contributed by atoms with E-state index < -0.39 is 0 Å². The maximum atomic E-state index is 12.3. The first kappa shape index (κ1) is 14.8. The predicted octanol–water partition coefficient (Wildman–Crippen LogP) is 3.67. The fraction of sp³-hybridized carbons (Fsp3) is 0.222. The summed E-state index contributed by atoms with van der Waals surface area (Å²) >= 11 is 0. The Hall–Kier alpha value is -2.60. The number of benzene rings is 2. The SMILES string of the molecule is Cc1ccc(C(=O)NC(C)c2ccc(C#N)cc2)cc1C. The van der Waals surface area contributed by atoms with Gasteiger partial charge in [0.25, 0.3) is 5.91 Å². The largest absolute Gasteiger partial charge is 0.346 e. The first-order chi connectivity index (χ1) is 10.0. The molecule has 106 valence electrons. The number of nitrogens with zero attached hydrogens (tertiary/aromatic N) is 1. The molecule has 3 nitrogen and oxygen atoms in total. The van der Waals surface area contributed by atoms with E-state index in [0.717, 1.165) is 11.1 Å². The van der Waals surface area contributed by atoms with Gasteiger partial charge >= 0.3 is 0 Å². The predicted molar refractivity (Wildman–Crippen MR) is 83.0 cm³/mol. The second-order valence-corrected chi connectivity index (χ2v) is 5.23. The fourth-order valence-corrected chi connectivity index (χ4v) is 2.09. The van der Waals surface area contributed by atoms with Gasteiger partial charge in [-0.25, -0.2) is 0 Å². The number of amides is 1. The summed E-state index contributed by atoms with van der Waals surface area (Å²) < 4.78 is 0. The zero-order valence-electron chi connectivity index (χ0n) is 12.5. The molecule has 1 atom stereocenters. The van der Waals surface area contributed by atoms with Crippen molar-refractivity contribution in [3.05, 3.63) is 70.3 Å². The summed E-state index contributed by atoms with van der Waals surface area (Å²) in [4.78, 5) is 12.3. The fourth-order valence-electron chi connectivity index (χ4n) is 2.09. The molecule has 0 spiro atoms. The van der Waals surface area contributed by atoms with Crippen molar-refractivity contribution in [1.82, 2.24) is 5.32 Å². The van der Waals surface area contributed by atoms with Gasteiger partial charge in [0, 0.05) is 5.56 Å². The summed E-state index contributed by atoms with van der Waals surface area (Å²) in [5.41, 5.74) is 4.54. The first-order valence-electron chi connectivity index (χ1n) is 6.89. The normalized spacial score (nSPS) is 11.5. The highest BCUT2D eigenvalue weighted by Crippen LogP contribution is 2.15. The van der Waals surface area contributed by atoms with Crippen LogP contribution in [0.1, 0.15) is 45.6 Å². The van der Waals surface area contributed by atoms with E-state index in [1.807, 2.05) is 51.1 Å². The third-order valence-electron chi connectivity index (χ3n) is 3.66. The molecule has 2 rings (SSSR count). The molecule has 0 saturated heterocycles. The van der Waals surface area contributed by atoms with Crippen LogP contribution in [0.25, 0.3) is 0 Å². The van der Waals surface area contributed by atoms with Gasteiger partial charge in [0.1, 0.15) is 0 Å². The molecule has 0 saturated carbocycles. The number of nitrogens with one attached hydrogen (secondary N) is 1. The molecule has 1 N–H and O–H groups in total. The molecule has 0 aliphatic heterocycles. The van der Waals surface area contributed by atoms with Gasteiger partial charge in [-0.2, -0.15) is 5.26 Å². The van der Waals surface area contributed by atoms with Crippen molar-refractivity contribution in [3.8, 4) is 6.07 Å². The molecule has 0 aromatic heterocycles. The molecule has 0 bridgehead atoms. The van der Waals surface area contributed by atoms with Crippen molar-refractivity contribution >= 4 is 5.91 Å². The summed E-state index contributed by atoms with van der Waals surface area (Å²) in [6, 6.07) is 14.9. The highest BCUT2D eigenvalue weighted by atomic mass is 16.1. The van der Waals surface area contributed by atoms with Crippen molar-refractivity contribution in [2.45, 2.75) is 26.8 Å². The molecule has 0 aliphatic carbocycles. The van der Waals surface area contributed by atoms with Crippen molar-refractivity contribution in [2.24, 2.45) is 0 Å². The van der Waals surface area contributed by atoms with Crippen LogP contribution in [0, 0.1) is 25.2 Å². The quantitative estimate of drug-likeness (QED) is 0.931. The van der Waals surface area contributed by atoms with E-state index in [9.17, 15) is 4.79 Å².